The zero-order chi connectivity index (χ0) is 47.3. The maximum atomic E-state index is 6.01. The fraction of sp³-hybridized carbons (Fsp3) is 0.254. The average molecular weight is 956 g/mol. The molecule has 353 valence electrons. The predicted molar refractivity (Wildman–Crippen MR) is 277 cm³/mol. The number of pyridine rings is 4. The number of hydrogen-bond acceptors (Lipinski definition) is 5. The minimum atomic E-state index is 0. The molecule has 4 aromatic heterocycles. The molecule has 0 saturated carbocycles. The first-order valence-electron chi connectivity index (χ1n) is 23.6. The molecule has 0 atom stereocenters. The summed E-state index contributed by atoms with van der Waals surface area (Å²) >= 11 is 0. The monoisotopic (exact) mass is 955 g/mol. The van der Waals surface area contributed by atoms with Gasteiger partial charge in [0.15, 0.2) is 56.8 Å². The summed E-state index contributed by atoms with van der Waals surface area (Å²) in [4.78, 5) is 14.7. The summed E-state index contributed by atoms with van der Waals surface area (Å²) in [6.45, 7) is 6.11. The number of likely N-dealkylation sites (N-methyl/N-ethyl adjacent to an activating group) is 3. The molecule has 10 heteroatoms. The standard InChI is InChI=1S/C59H64N8O.Mn/c1-60(2)33-36-64-25-17-44(18-26-64)56-48-9-11-50(39-48)57(45-19-27-65(28-20-45)37-34-61(3)4)52-13-15-54(41-52)59(47-23-31-67(32-24-47)68-43-63(7)8)55-16-14-53(42-55)58(51-12-10-49(56)40-51)46-21-29-66(30-22-46)38-35-62(5)6;/h9-32,39,42H,33-38,43H2,1-8H3;. The molecule has 0 saturated heterocycles. The van der Waals surface area contributed by atoms with E-state index in [1.54, 1.807) is 4.73 Å². The van der Waals surface area contributed by atoms with Crippen LogP contribution >= 0.6 is 0 Å². The van der Waals surface area contributed by atoms with Crippen LogP contribution < -0.4 is 23.3 Å². The van der Waals surface area contributed by atoms with Crippen molar-refractivity contribution in [3.63, 3.8) is 0 Å². The van der Waals surface area contributed by atoms with Gasteiger partial charge in [0.05, 0.1) is 19.6 Å². The average Bonchev–Trinajstić information content (AvgIpc) is 4.19. The van der Waals surface area contributed by atoms with Crippen molar-refractivity contribution in [1.82, 2.24) is 19.6 Å². The summed E-state index contributed by atoms with van der Waals surface area (Å²) < 4.78 is 8.56. The van der Waals surface area contributed by atoms with Crippen LogP contribution in [0.25, 0.3) is 90.4 Å². The van der Waals surface area contributed by atoms with Crippen LogP contribution in [0.1, 0.15) is 22.3 Å². The fourth-order valence-electron chi connectivity index (χ4n) is 8.91. The van der Waals surface area contributed by atoms with Crippen molar-refractivity contribution in [2.45, 2.75) is 19.6 Å². The minimum Gasteiger partial charge on any atom is -0.303 e. The predicted octanol–water partition coefficient (Wildman–Crippen LogP) is 7.70. The second-order valence-corrected chi connectivity index (χ2v) is 19.0. The minimum absolute atomic E-state index is 0. The van der Waals surface area contributed by atoms with Crippen LogP contribution in [0.3, 0.4) is 0 Å². The molecule has 9 rings (SSSR count). The molecule has 0 spiro atoms. The van der Waals surface area contributed by atoms with Gasteiger partial charge in [0, 0.05) is 70.3 Å². The molecule has 1 radical (unpaired) electrons. The Morgan fingerprint density at radius 3 is 0.928 bits per heavy atom. The zero-order valence-corrected chi connectivity index (χ0v) is 42.5. The van der Waals surface area contributed by atoms with E-state index in [9.17, 15) is 0 Å². The quantitative estimate of drug-likeness (QED) is 0.0430. The Morgan fingerprint density at radius 2 is 0.667 bits per heavy atom. The van der Waals surface area contributed by atoms with Crippen molar-refractivity contribution in [1.29, 1.82) is 0 Å². The summed E-state index contributed by atoms with van der Waals surface area (Å²) in [5.74, 6) is 0. The third kappa shape index (κ3) is 11.6. The van der Waals surface area contributed by atoms with Crippen molar-refractivity contribution in [2.24, 2.45) is 0 Å². The van der Waals surface area contributed by atoms with E-state index in [4.69, 9.17) is 4.84 Å². The van der Waals surface area contributed by atoms with Gasteiger partial charge in [-0.25, -0.2) is 13.7 Å². The Morgan fingerprint density at radius 1 is 0.391 bits per heavy atom. The molecule has 3 aromatic carbocycles. The first-order chi connectivity index (χ1) is 32.9. The van der Waals surface area contributed by atoms with Gasteiger partial charge >= 0.3 is 0 Å². The van der Waals surface area contributed by atoms with Crippen LogP contribution in [0.2, 0.25) is 0 Å². The maximum absolute atomic E-state index is 6.01. The zero-order valence-electron chi connectivity index (χ0n) is 41.3. The molecule has 8 bridgehead atoms. The summed E-state index contributed by atoms with van der Waals surface area (Å²) in [7, 11) is 16.7. The molecular weight excluding hydrogens is 892 g/mol. The molecule has 0 amide bonds. The van der Waals surface area contributed by atoms with Gasteiger partial charge in [-0.15, -0.1) is 68.1 Å². The molecule has 4 heterocycles. The van der Waals surface area contributed by atoms with E-state index in [1.165, 1.54) is 0 Å². The number of hydrogen-bond donors (Lipinski definition) is 0. The van der Waals surface area contributed by atoms with E-state index in [-0.39, 0.29) is 17.1 Å². The van der Waals surface area contributed by atoms with E-state index in [0.29, 0.717) is 6.73 Å². The number of fused-ring (bicyclic) bond motifs is 8. The van der Waals surface area contributed by atoms with Crippen LogP contribution in [0.5, 0.6) is 0 Å². The molecule has 2 aliphatic carbocycles. The molecule has 2 aliphatic rings. The molecule has 0 aliphatic heterocycles. The van der Waals surface area contributed by atoms with Crippen LogP contribution in [-0.4, -0.2) is 102 Å². The van der Waals surface area contributed by atoms with Gasteiger partial charge in [-0.1, -0.05) is 22.3 Å². The Bertz CT molecular complexity index is 2690. The Balaban J connectivity index is 0.00000642. The summed E-state index contributed by atoms with van der Waals surface area (Å²) in [5, 5.41) is 4.54. The molecule has 69 heavy (non-hydrogen) atoms. The van der Waals surface area contributed by atoms with Gasteiger partial charge in [0.2, 0.25) is 19.1 Å². The molecule has 0 unspecified atom stereocenters. The second-order valence-electron chi connectivity index (χ2n) is 19.0. The van der Waals surface area contributed by atoms with E-state index < -0.39 is 0 Å². The molecule has 9 nitrogen and oxygen atoms in total. The van der Waals surface area contributed by atoms with Gasteiger partial charge in [0.25, 0.3) is 0 Å². The van der Waals surface area contributed by atoms with Crippen LogP contribution in [0, 0.1) is 12.1 Å². The van der Waals surface area contributed by atoms with E-state index in [2.05, 4.69) is 229 Å². The second kappa shape index (κ2) is 21.9. The van der Waals surface area contributed by atoms with Crippen LogP contribution in [0.15, 0.2) is 135 Å². The third-order valence-corrected chi connectivity index (χ3v) is 12.6. The van der Waals surface area contributed by atoms with Gasteiger partial charge in [-0.3, -0.25) is 9.74 Å². The van der Waals surface area contributed by atoms with Crippen molar-refractivity contribution in [2.75, 3.05) is 82.7 Å². The van der Waals surface area contributed by atoms with E-state index >= 15 is 0 Å². The van der Waals surface area contributed by atoms with Gasteiger partial charge in [-0.05, 0) is 78.6 Å². The van der Waals surface area contributed by atoms with Gasteiger partial charge in [-0.2, -0.15) is 48.6 Å². The molecule has 7 aromatic rings. The van der Waals surface area contributed by atoms with Gasteiger partial charge < -0.3 is 14.7 Å². The van der Waals surface area contributed by atoms with Crippen molar-refractivity contribution >= 4 is 45.8 Å². The number of aromatic nitrogens is 4. The topological polar surface area (TPSA) is 37.7 Å². The smallest absolute Gasteiger partial charge is 0.222 e. The fourth-order valence-corrected chi connectivity index (χ4v) is 8.91. The molecule has 0 N–H and O–H groups in total. The largest absolute Gasteiger partial charge is 0.303 e. The van der Waals surface area contributed by atoms with E-state index in [0.717, 1.165) is 128 Å². The summed E-state index contributed by atoms with van der Waals surface area (Å²) in [6.07, 6.45) is 26.2. The normalized spacial score (nSPS) is 12.2. The van der Waals surface area contributed by atoms with Crippen molar-refractivity contribution in [3.8, 4) is 44.5 Å². The number of nitrogens with zero attached hydrogens (tertiary/aromatic N) is 8. The van der Waals surface area contributed by atoms with Gasteiger partial charge in [0.1, 0.15) is 0 Å². The Hall–Kier alpha value is -6.36. The maximum Gasteiger partial charge on any atom is 0.222 e. The Kier molecular flexibility index (Phi) is 15.6. The molecule has 0 fully saturated rings. The SMILES string of the molecule is CN(C)CC[n+]1ccc(-c2c3[c-]c(c(-c4cc[n+](CCN(C)C)cc4)c4ccc([cH-]4)c(-c4cc[n+](OCN(C)C)cc4)c4[c-]c(c(-c5cc[n+](CCN(C)C)cc5)c5ccc2[cH-]5)C=C4)C=C3)cc1.[Mn]. The van der Waals surface area contributed by atoms with Crippen LogP contribution in [-0.2, 0) is 36.7 Å². The first kappa shape index (κ1) is 49.1. The van der Waals surface area contributed by atoms with E-state index in [1.807, 2.05) is 31.4 Å². The van der Waals surface area contributed by atoms with Crippen molar-refractivity contribution < 1.29 is 40.3 Å². The number of rotatable bonds is 16. The first-order valence-corrected chi connectivity index (χ1v) is 23.6. The molecular formula is C59H64MnN8O. The van der Waals surface area contributed by atoms with Crippen LogP contribution in [0.4, 0.5) is 0 Å². The summed E-state index contributed by atoms with van der Waals surface area (Å²) in [6, 6.07) is 39.6. The third-order valence-electron chi connectivity index (χ3n) is 12.6. The summed E-state index contributed by atoms with van der Waals surface area (Å²) in [5.41, 5.74) is 13.2. The Labute approximate surface area is 419 Å². The van der Waals surface area contributed by atoms with Crippen molar-refractivity contribution in [3.05, 3.63) is 169 Å².